The number of carbonyl (C=O) groups excluding carboxylic acids is 1. The third-order valence-electron chi connectivity index (χ3n) is 6.96. The Hall–Kier alpha value is -2.29. The summed E-state index contributed by atoms with van der Waals surface area (Å²) in [5.41, 5.74) is 2.78. The average Bonchev–Trinajstić information content (AvgIpc) is 3.52. The molecule has 1 aliphatic heterocycles. The first-order valence-corrected chi connectivity index (χ1v) is 13.4. The molecule has 1 aliphatic carbocycles. The number of fused-ring (bicyclic) bond motifs is 1. The minimum absolute atomic E-state index is 0.158. The van der Waals surface area contributed by atoms with Gasteiger partial charge in [-0.2, -0.15) is 0 Å². The van der Waals surface area contributed by atoms with Gasteiger partial charge in [-0.3, -0.25) is 9.59 Å². The lowest BCUT2D eigenvalue weighted by Gasteiger charge is -2.24. The van der Waals surface area contributed by atoms with Crippen LogP contribution >= 0.6 is 27.3 Å². The smallest absolute Gasteiger partial charge is 0.256 e. The van der Waals surface area contributed by atoms with Gasteiger partial charge in [0.05, 0.1) is 23.2 Å². The summed E-state index contributed by atoms with van der Waals surface area (Å²) in [6, 6.07) is 9.36. The highest BCUT2D eigenvalue weighted by atomic mass is 79.9. The summed E-state index contributed by atoms with van der Waals surface area (Å²) in [4.78, 5) is 37.2. The zero-order valence-electron chi connectivity index (χ0n) is 19.3. The number of carbonyl (C=O) groups is 1. The molecule has 0 saturated heterocycles. The first kappa shape index (κ1) is 23.5. The molecule has 0 bridgehead atoms. The average molecular weight is 542 g/mol. The van der Waals surface area contributed by atoms with Gasteiger partial charge in [0.1, 0.15) is 5.82 Å². The minimum atomic E-state index is -1.27. The second kappa shape index (κ2) is 9.06. The molecule has 1 saturated carbocycles. The number of aliphatic hydroxyl groups is 1. The molecule has 0 spiro atoms. The molecule has 2 aromatic heterocycles. The summed E-state index contributed by atoms with van der Waals surface area (Å²) in [7, 11) is 0. The van der Waals surface area contributed by atoms with Crippen molar-refractivity contribution in [3.63, 3.8) is 0 Å². The molecule has 6 nitrogen and oxygen atoms in total. The zero-order valence-corrected chi connectivity index (χ0v) is 21.7. The number of hydrogen-bond donors (Lipinski definition) is 2. The number of aliphatic hydroxyl groups excluding tert-OH is 1. The van der Waals surface area contributed by atoms with Gasteiger partial charge in [-0.05, 0) is 66.3 Å². The van der Waals surface area contributed by atoms with Gasteiger partial charge in [-0.15, -0.1) is 11.3 Å². The molecule has 178 valence electrons. The summed E-state index contributed by atoms with van der Waals surface area (Å²) >= 11 is 5.13. The van der Waals surface area contributed by atoms with Crippen LogP contribution in [0.3, 0.4) is 0 Å². The highest BCUT2D eigenvalue weighted by Crippen LogP contribution is 2.54. The number of rotatable bonds is 5. The van der Waals surface area contributed by atoms with E-state index in [2.05, 4.69) is 46.2 Å². The lowest BCUT2D eigenvalue weighted by molar-refractivity contribution is -0.141. The van der Waals surface area contributed by atoms with Crippen molar-refractivity contribution in [1.82, 2.24) is 14.9 Å². The summed E-state index contributed by atoms with van der Waals surface area (Å²) in [6.45, 7) is 5.01. The van der Waals surface area contributed by atoms with Crippen LogP contribution in [0.2, 0.25) is 0 Å². The van der Waals surface area contributed by atoms with Crippen LogP contribution < -0.4 is 5.56 Å². The molecule has 0 unspecified atom stereocenters. The van der Waals surface area contributed by atoms with Crippen LogP contribution in [0.15, 0.2) is 45.0 Å². The Bertz CT molecular complexity index is 1290. The van der Waals surface area contributed by atoms with E-state index in [1.54, 1.807) is 34.4 Å². The van der Waals surface area contributed by atoms with E-state index in [1.807, 2.05) is 6.07 Å². The highest BCUT2D eigenvalue weighted by molar-refractivity contribution is 9.10. The number of nitrogens with one attached hydrogen (secondary N) is 1. The molecular weight excluding hydrogens is 514 g/mol. The van der Waals surface area contributed by atoms with Crippen molar-refractivity contribution in [2.75, 3.05) is 6.54 Å². The standard InChI is InChI=1S/C26H28BrN3O3S/c1-15(2)17-12-21(34-14-17)26(8-9-26)25-28-20-7-4-10-30(13-19(20)23(32)29-25)24(33)22(31)16-5-3-6-18(27)11-16/h3,5-6,11-12,14-15,22,31H,4,7-10,13H2,1-2H3,(H,28,29,32)/t22-/m1/s1. The SMILES string of the molecule is CC(C)c1csc(C2(c3nc4c(c(=O)[nH]3)CN(C(=O)[C@H](O)c3cccc(Br)c3)CCC4)CC2)c1. The third kappa shape index (κ3) is 4.27. The largest absolute Gasteiger partial charge is 0.378 e. The summed E-state index contributed by atoms with van der Waals surface area (Å²) in [5.74, 6) is 0.825. The van der Waals surface area contributed by atoms with Gasteiger partial charge in [0, 0.05) is 15.9 Å². The number of nitrogens with zero attached hydrogens (tertiary/aromatic N) is 2. The number of aryl methyl sites for hydroxylation is 1. The maximum atomic E-state index is 13.2. The van der Waals surface area contributed by atoms with E-state index < -0.39 is 12.0 Å². The predicted molar refractivity (Wildman–Crippen MR) is 136 cm³/mol. The van der Waals surface area contributed by atoms with Crippen LogP contribution in [0.25, 0.3) is 0 Å². The Labute approximate surface area is 211 Å². The van der Waals surface area contributed by atoms with Gasteiger partial charge in [-0.1, -0.05) is 41.9 Å². The number of aromatic amines is 1. The van der Waals surface area contributed by atoms with E-state index in [0.29, 0.717) is 36.4 Å². The molecule has 1 aromatic carbocycles. The number of hydrogen-bond acceptors (Lipinski definition) is 5. The fourth-order valence-electron chi connectivity index (χ4n) is 4.66. The molecule has 1 fully saturated rings. The third-order valence-corrected chi connectivity index (χ3v) is 8.61. The Morgan fingerprint density at radius 3 is 2.74 bits per heavy atom. The molecular formula is C26H28BrN3O3S. The van der Waals surface area contributed by atoms with Crippen molar-refractivity contribution in [3.05, 3.63) is 83.6 Å². The predicted octanol–water partition coefficient (Wildman–Crippen LogP) is 4.81. The molecule has 5 rings (SSSR count). The van der Waals surface area contributed by atoms with Crippen molar-refractivity contribution < 1.29 is 9.90 Å². The normalized spacial score (nSPS) is 17.9. The second-order valence-electron chi connectivity index (χ2n) is 9.64. The maximum Gasteiger partial charge on any atom is 0.256 e. The Morgan fingerprint density at radius 2 is 2.06 bits per heavy atom. The van der Waals surface area contributed by atoms with Gasteiger partial charge in [0.25, 0.3) is 11.5 Å². The van der Waals surface area contributed by atoms with Gasteiger partial charge in [-0.25, -0.2) is 4.98 Å². The second-order valence-corrected chi connectivity index (χ2v) is 11.5. The molecule has 2 aliphatic rings. The number of aromatic nitrogens is 2. The summed E-state index contributed by atoms with van der Waals surface area (Å²) in [6.07, 6.45) is 2.03. The Balaban J connectivity index is 1.42. The topological polar surface area (TPSA) is 86.3 Å². The molecule has 8 heteroatoms. The number of benzene rings is 1. The van der Waals surface area contributed by atoms with Gasteiger partial charge < -0.3 is 15.0 Å². The van der Waals surface area contributed by atoms with Crippen LogP contribution in [-0.4, -0.2) is 32.4 Å². The van der Waals surface area contributed by atoms with Crippen LogP contribution in [0, 0.1) is 0 Å². The maximum absolute atomic E-state index is 13.2. The summed E-state index contributed by atoms with van der Waals surface area (Å²) < 4.78 is 0.798. The number of thiophene rings is 1. The Kier molecular flexibility index (Phi) is 6.25. The zero-order chi connectivity index (χ0) is 24.0. The molecule has 0 radical (unpaired) electrons. The van der Waals surface area contributed by atoms with Crippen molar-refractivity contribution >= 4 is 33.2 Å². The molecule has 34 heavy (non-hydrogen) atoms. The van der Waals surface area contributed by atoms with Crippen LogP contribution in [0.1, 0.15) is 78.2 Å². The van der Waals surface area contributed by atoms with E-state index in [-0.39, 0.29) is 17.5 Å². The molecule has 2 N–H and O–H groups in total. The van der Waals surface area contributed by atoms with Crippen molar-refractivity contribution in [2.45, 2.75) is 63.5 Å². The molecule has 1 amide bonds. The van der Waals surface area contributed by atoms with Crippen molar-refractivity contribution in [2.24, 2.45) is 0 Å². The van der Waals surface area contributed by atoms with Crippen LogP contribution in [-0.2, 0) is 23.2 Å². The van der Waals surface area contributed by atoms with E-state index >= 15 is 0 Å². The van der Waals surface area contributed by atoms with Crippen molar-refractivity contribution in [3.8, 4) is 0 Å². The van der Waals surface area contributed by atoms with E-state index in [4.69, 9.17) is 4.98 Å². The fraction of sp³-hybridized carbons (Fsp3) is 0.423. The van der Waals surface area contributed by atoms with Crippen LogP contribution in [0.4, 0.5) is 0 Å². The number of halogens is 1. The van der Waals surface area contributed by atoms with Gasteiger partial charge >= 0.3 is 0 Å². The summed E-state index contributed by atoms with van der Waals surface area (Å²) in [5, 5.41) is 12.9. The number of amides is 1. The van der Waals surface area contributed by atoms with Gasteiger partial charge in [0.15, 0.2) is 6.10 Å². The lowest BCUT2D eigenvalue weighted by Crippen LogP contribution is -2.36. The minimum Gasteiger partial charge on any atom is -0.378 e. The van der Waals surface area contributed by atoms with Crippen molar-refractivity contribution in [1.29, 1.82) is 0 Å². The molecule has 3 heterocycles. The van der Waals surface area contributed by atoms with E-state index in [0.717, 1.165) is 28.8 Å². The monoisotopic (exact) mass is 541 g/mol. The van der Waals surface area contributed by atoms with E-state index in [9.17, 15) is 14.7 Å². The van der Waals surface area contributed by atoms with Crippen LogP contribution in [0.5, 0.6) is 0 Å². The Morgan fingerprint density at radius 1 is 1.26 bits per heavy atom. The first-order chi connectivity index (χ1) is 16.3. The fourth-order valence-corrected chi connectivity index (χ4v) is 6.41. The lowest BCUT2D eigenvalue weighted by atomic mass is 9.99. The first-order valence-electron chi connectivity index (χ1n) is 11.7. The van der Waals surface area contributed by atoms with E-state index in [1.165, 1.54) is 10.4 Å². The molecule has 3 aromatic rings. The van der Waals surface area contributed by atoms with Gasteiger partial charge in [0.2, 0.25) is 0 Å². The highest BCUT2D eigenvalue weighted by Gasteiger charge is 2.50. The number of H-pyrrole nitrogens is 1. The molecule has 1 atom stereocenters. The quantitative estimate of drug-likeness (QED) is 0.485.